The van der Waals surface area contributed by atoms with Gasteiger partial charge in [0, 0.05) is 0 Å². The largest absolute Gasteiger partial charge is 0.514 e. The molecule has 0 unspecified atom stereocenters. The van der Waals surface area contributed by atoms with E-state index in [9.17, 15) is 4.79 Å². The molecule has 0 saturated heterocycles. The maximum atomic E-state index is 11.8. The Balaban J connectivity index is 4.69. The zero-order chi connectivity index (χ0) is 12.1. The van der Waals surface area contributed by atoms with Crippen molar-refractivity contribution < 1.29 is 27.5 Å². The van der Waals surface area contributed by atoms with Crippen molar-refractivity contribution in [2.24, 2.45) is 0 Å². The molecule has 6 nitrogen and oxygen atoms in total. The van der Waals surface area contributed by atoms with E-state index in [4.69, 9.17) is 18.2 Å². The van der Waals surface area contributed by atoms with E-state index < -0.39 is 20.3 Å². The van der Waals surface area contributed by atoms with Gasteiger partial charge >= 0.3 is 11.9 Å². The first-order chi connectivity index (χ1) is 6.81. The Morgan fingerprint density at radius 2 is 1.60 bits per heavy atom. The first-order valence-corrected chi connectivity index (χ1v) is 10.2. The fraction of sp³-hybridized carbons (Fsp3) is 0.800. The minimum atomic E-state index is -1.99. The summed E-state index contributed by atoms with van der Waals surface area (Å²) in [5.41, 5.74) is 0. The van der Waals surface area contributed by atoms with Crippen LogP contribution >= 0.6 is 0 Å². The summed E-state index contributed by atoms with van der Waals surface area (Å²) in [4.78, 5) is 16.5. The quantitative estimate of drug-likeness (QED) is 0.222. The summed E-state index contributed by atoms with van der Waals surface area (Å²) in [7, 11) is -1.11. The van der Waals surface area contributed by atoms with Crippen LogP contribution in [0, 0.1) is 0 Å². The lowest BCUT2D eigenvalue weighted by Crippen LogP contribution is -2.50. The lowest BCUT2D eigenvalue weighted by Gasteiger charge is -2.30. The van der Waals surface area contributed by atoms with Gasteiger partial charge in [-0.3, -0.25) is 4.58 Å². The summed E-state index contributed by atoms with van der Waals surface area (Å²) in [5.74, 6) is -2.46. The van der Waals surface area contributed by atoms with Gasteiger partial charge < -0.3 is 13.3 Å². The SMILES string of the molecule is C[Si](C)(C)OC(=O)C(O[SiH3])(O[SiH3])OO[SiH3]. The van der Waals surface area contributed by atoms with Crippen molar-refractivity contribution in [3.8, 4) is 0 Å². The number of hydrogen-bond donors (Lipinski definition) is 0. The van der Waals surface area contributed by atoms with Crippen LogP contribution < -0.4 is 0 Å². The Hall–Kier alpha value is 0.178. The summed E-state index contributed by atoms with van der Waals surface area (Å²) < 4.78 is 19.8. The Bertz CT molecular complexity index is 212. The van der Waals surface area contributed by atoms with Gasteiger partial charge in [-0.25, -0.2) is 4.79 Å². The Labute approximate surface area is 99.2 Å². The molecule has 0 aliphatic rings. The average Bonchev–Trinajstić information content (AvgIpc) is 2.11. The molecule has 0 atom stereocenters. The number of rotatable bonds is 6. The lowest BCUT2D eigenvalue weighted by atomic mass is 10.6. The van der Waals surface area contributed by atoms with Crippen molar-refractivity contribution >= 4 is 45.7 Å². The first-order valence-electron chi connectivity index (χ1n) is 4.37. The second-order valence-corrected chi connectivity index (χ2v) is 9.30. The molecule has 15 heavy (non-hydrogen) atoms. The van der Waals surface area contributed by atoms with Gasteiger partial charge in [0.05, 0.1) is 0 Å². The molecule has 90 valence electrons. The molecular formula is C5H18O6Si4. The van der Waals surface area contributed by atoms with E-state index >= 15 is 0 Å². The third-order valence-electron chi connectivity index (χ3n) is 1.38. The van der Waals surface area contributed by atoms with Crippen LogP contribution in [0.1, 0.15) is 0 Å². The molecule has 0 spiro atoms. The molecule has 0 bridgehead atoms. The number of carbonyl (C=O) groups excluding carboxylic acids is 1. The molecular weight excluding hydrogens is 268 g/mol. The smallest absolute Gasteiger partial charge is 0.391 e. The highest BCUT2D eigenvalue weighted by molar-refractivity contribution is 6.71. The molecule has 0 radical (unpaired) electrons. The van der Waals surface area contributed by atoms with Gasteiger partial charge in [0.2, 0.25) is 8.32 Å². The van der Waals surface area contributed by atoms with Crippen LogP contribution in [-0.4, -0.2) is 51.7 Å². The monoisotopic (exact) mass is 286 g/mol. The van der Waals surface area contributed by atoms with E-state index in [-0.39, 0.29) is 21.0 Å². The summed E-state index contributed by atoms with van der Waals surface area (Å²) in [5, 5.41) is 0. The van der Waals surface area contributed by atoms with Crippen LogP contribution in [0.5, 0.6) is 0 Å². The predicted molar refractivity (Wildman–Crippen MR) is 66.3 cm³/mol. The van der Waals surface area contributed by atoms with Crippen molar-refractivity contribution in [3.05, 3.63) is 0 Å². The molecule has 0 heterocycles. The van der Waals surface area contributed by atoms with Crippen molar-refractivity contribution in [1.82, 2.24) is 0 Å². The fourth-order valence-electron chi connectivity index (χ4n) is 0.802. The Kier molecular flexibility index (Phi) is 6.12. The van der Waals surface area contributed by atoms with E-state index in [2.05, 4.69) is 4.58 Å². The molecule has 0 amide bonds. The van der Waals surface area contributed by atoms with E-state index in [0.717, 1.165) is 0 Å². The van der Waals surface area contributed by atoms with Gasteiger partial charge in [0.25, 0.3) is 0 Å². The molecule has 0 aromatic carbocycles. The first kappa shape index (κ1) is 15.2. The van der Waals surface area contributed by atoms with E-state index in [0.29, 0.717) is 10.5 Å². The molecule has 0 saturated carbocycles. The molecule has 0 rings (SSSR count). The topological polar surface area (TPSA) is 63.2 Å². The van der Waals surface area contributed by atoms with Crippen LogP contribution in [0.2, 0.25) is 19.6 Å². The van der Waals surface area contributed by atoms with E-state index in [1.54, 1.807) is 0 Å². The maximum Gasteiger partial charge on any atom is 0.391 e. The van der Waals surface area contributed by atoms with Gasteiger partial charge in [-0.15, -0.1) is 0 Å². The molecule has 10 heteroatoms. The third kappa shape index (κ3) is 4.69. The van der Waals surface area contributed by atoms with Gasteiger partial charge in [-0.05, 0) is 19.6 Å². The van der Waals surface area contributed by atoms with Crippen LogP contribution in [0.3, 0.4) is 0 Å². The summed E-state index contributed by atoms with van der Waals surface area (Å²) >= 11 is 0. The third-order valence-corrected chi connectivity index (χ3v) is 3.42. The molecule has 0 aromatic heterocycles. The highest BCUT2D eigenvalue weighted by Crippen LogP contribution is 2.18. The van der Waals surface area contributed by atoms with Gasteiger partial charge in [-0.2, -0.15) is 4.89 Å². The minimum Gasteiger partial charge on any atom is -0.514 e. The van der Waals surface area contributed by atoms with Crippen LogP contribution in [0.15, 0.2) is 0 Å². The van der Waals surface area contributed by atoms with Gasteiger partial charge in [0.15, 0.2) is 31.5 Å². The van der Waals surface area contributed by atoms with Crippen LogP contribution in [0.25, 0.3) is 0 Å². The second kappa shape index (κ2) is 6.05. The van der Waals surface area contributed by atoms with Gasteiger partial charge in [-0.1, -0.05) is 0 Å². The van der Waals surface area contributed by atoms with E-state index in [1.807, 2.05) is 19.6 Å². The summed E-state index contributed by atoms with van der Waals surface area (Å²) in [6.45, 7) is 5.66. The fourth-order valence-corrected chi connectivity index (χ4v) is 2.84. The maximum absolute atomic E-state index is 11.8. The van der Waals surface area contributed by atoms with Crippen LogP contribution in [0.4, 0.5) is 0 Å². The van der Waals surface area contributed by atoms with Crippen molar-refractivity contribution in [2.45, 2.75) is 25.6 Å². The highest BCUT2D eigenvalue weighted by atomic mass is 28.4. The molecule has 0 N–H and O–H groups in total. The second-order valence-electron chi connectivity index (χ2n) is 3.72. The lowest BCUT2D eigenvalue weighted by molar-refractivity contribution is -0.408. The summed E-state index contributed by atoms with van der Waals surface area (Å²) in [6, 6.07) is 0. The average molecular weight is 287 g/mol. The zero-order valence-corrected chi connectivity index (χ0v) is 16.9. The van der Waals surface area contributed by atoms with E-state index in [1.165, 1.54) is 0 Å². The minimum absolute atomic E-state index is 0.281. The van der Waals surface area contributed by atoms with Crippen molar-refractivity contribution in [3.63, 3.8) is 0 Å². The standard InChI is InChI=1S/C5H18O6Si4/c1-15(2,3)7-4(6)5(9-12,10-13)8-11-14/h1-3,12-14H3. The number of hydrogen-bond acceptors (Lipinski definition) is 6. The zero-order valence-electron chi connectivity index (χ0n) is 9.95. The molecule has 0 aliphatic carbocycles. The molecule has 0 aromatic rings. The Morgan fingerprint density at radius 3 is 1.87 bits per heavy atom. The number of carbonyl (C=O) groups is 1. The van der Waals surface area contributed by atoms with Gasteiger partial charge in [0.1, 0.15) is 0 Å². The van der Waals surface area contributed by atoms with Crippen molar-refractivity contribution in [1.29, 1.82) is 0 Å². The van der Waals surface area contributed by atoms with Crippen LogP contribution in [-0.2, 0) is 27.5 Å². The molecule has 0 fully saturated rings. The molecule has 0 aliphatic heterocycles. The Morgan fingerprint density at radius 1 is 1.13 bits per heavy atom. The predicted octanol–water partition coefficient (Wildman–Crippen LogP) is -3.16. The highest BCUT2D eigenvalue weighted by Gasteiger charge is 2.44. The summed E-state index contributed by atoms with van der Waals surface area (Å²) in [6.07, 6.45) is 0. The van der Waals surface area contributed by atoms with Crippen molar-refractivity contribution in [2.75, 3.05) is 0 Å². The normalized spacial score (nSPS) is 16.5.